The van der Waals surface area contributed by atoms with Crippen LogP contribution in [0.2, 0.25) is 0 Å². The molecule has 0 aliphatic heterocycles. The lowest BCUT2D eigenvalue weighted by atomic mass is 10.0. The topological polar surface area (TPSA) is 50.1 Å². The molecule has 3 rings (SSSR count). The first kappa shape index (κ1) is 15.5. The number of ketones is 1. The predicted molar refractivity (Wildman–Crippen MR) is 94.9 cm³/mol. The van der Waals surface area contributed by atoms with Crippen LogP contribution in [0.3, 0.4) is 0 Å². The lowest BCUT2D eigenvalue weighted by molar-refractivity contribution is 0.103. The molecule has 0 spiro atoms. The Balaban J connectivity index is 1.98. The van der Waals surface area contributed by atoms with E-state index in [2.05, 4.69) is 0 Å². The van der Waals surface area contributed by atoms with Crippen molar-refractivity contribution < 1.29 is 9.53 Å². The number of Topliss-reactive ketones (excluding diaryl/α,β-unsaturated/α-hetero) is 1. The molecule has 0 radical (unpaired) electrons. The van der Waals surface area contributed by atoms with Crippen molar-refractivity contribution in [1.82, 2.24) is 0 Å². The third-order valence-corrected chi connectivity index (χ3v) is 3.78. The number of methoxy groups -OCH3 is 1. The minimum absolute atomic E-state index is 0.0959. The Morgan fingerprint density at radius 3 is 2.54 bits per heavy atom. The molecule has 0 atom stereocenters. The molecule has 3 aromatic carbocycles. The highest BCUT2D eigenvalue weighted by Crippen LogP contribution is 2.20. The van der Waals surface area contributed by atoms with Gasteiger partial charge in [0.1, 0.15) is 17.4 Å². The molecule has 3 heteroatoms. The summed E-state index contributed by atoms with van der Waals surface area (Å²) in [7, 11) is 1.54. The van der Waals surface area contributed by atoms with E-state index in [1.807, 2.05) is 48.5 Å². The van der Waals surface area contributed by atoms with Gasteiger partial charge >= 0.3 is 0 Å². The number of carbonyl (C=O) groups excluding carboxylic acids is 1. The van der Waals surface area contributed by atoms with E-state index >= 15 is 0 Å². The number of allylic oxidation sites excluding steroid dienone is 1. The first-order chi connectivity index (χ1) is 11.7. The first-order valence-corrected chi connectivity index (χ1v) is 7.50. The SMILES string of the molecule is COc1cccc(C(=O)C(C#N)=Cc2ccc3ccccc3c2)c1. The van der Waals surface area contributed by atoms with Gasteiger partial charge in [0.15, 0.2) is 0 Å². The molecule has 0 amide bonds. The minimum atomic E-state index is -0.315. The number of hydrogen-bond donors (Lipinski definition) is 0. The quantitative estimate of drug-likeness (QED) is 0.400. The van der Waals surface area contributed by atoms with E-state index in [1.165, 1.54) is 0 Å². The van der Waals surface area contributed by atoms with Crippen LogP contribution in [0.5, 0.6) is 5.75 Å². The molecular formula is C21H15NO2. The van der Waals surface area contributed by atoms with Crippen LogP contribution in [-0.4, -0.2) is 12.9 Å². The number of rotatable bonds is 4. The molecule has 3 aromatic rings. The van der Waals surface area contributed by atoms with Gasteiger partial charge in [0.05, 0.1) is 7.11 Å². The molecule has 0 aliphatic carbocycles. The summed E-state index contributed by atoms with van der Waals surface area (Å²) in [6, 6.07) is 22.6. The average Bonchev–Trinajstić information content (AvgIpc) is 2.65. The second kappa shape index (κ2) is 6.80. The summed E-state index contributed by atoms with van der Waals surface area (Å²) >= 11 is 0. The van der Waals surface area contributed by atoms with Crippen molar-refractivity contribution in [2.24, 2.45) is 0 Å². The highest BCUT2D eigenvalue weighted by atomic mass is 16.5. The summed E-state index contributed by atoms with van der Waals surface area (Å²) in [6.07, 6.45) is 1.62. The molecule has 0 unspecified atom stereocenters. The van der Waals surface area contributed by atoms with E-state index in [1.54, 1.807) is 37.5 Å². The van der Waals surface area contributed by atoms with Gasteiger partial charge in [-0.25, -0.2) is 0 Å². The van der Waals surface area contributed by atoms with Crippen molar-refractivity contribution in [1.29, 1.82) is 5.26 Å². The second-order valence-electron chi connectivity index (χ2n) is 5.34. The van der Waals surface area contributed by atoms with E-state index in [9.17, 15) is 10.1 Å². The van der Waals surface area contributed by atoms with Crippen molar-refractivity contribution in [2.45, 2.75) is 0 Å². The van der Waals surface area contributed by atoms with Gasteiger partial charge in [-0.1, -0.05) is 48.5 Å². The molecule has 24 heavy (non-hydrogen) atoms. The Hall–Kier alpha value is -3.38. The molecule has 116 valence electrons. The highest BCUT2D eigenvalue weighted by molar-refractivity contribution is 6.14. The fraction of sp³-hybridized carbons (Fsp3) is 0.0476. The number of nitriles is 1. The van der Waals surface area contributed by atoms with Crippen molar-refractivity contribution >= 4 is 22.6 Å². The lowest BCUT2D eigenvalue weighted by Gasteiger charge is -2.04. The Labute approximate surface area is 140 Å². The van der Waals surface area contributed by atoms with Crippen molar-refractivity contribution in [2.75, 3.05) is 7.11 Å². The van der Waals surface area contributed by atoms with Crippen LogP contribution in [0.1, 0.15) is 15.9 Å². The molecule has 3 nitrogen and oxygen atoms in total. The van der Waals surface area contributed by atoms with Gasteiger partial charge < -0.3 is 4.74 Å². The summed E-state index contributed by atoms with van der Waals surface area (Å²) in [5.41, 5.74) is 1.35. The summed E-state index contributed by atoms with van der Waals surface area (Å²) < 4.78 is 5.13. The van der Waals surface area contributed by atoms with Gasteiger partial charge in [0.2, 0.25) is 5.78 Å². The van der Waals surface area contributed by atoms with E-state index in [-0.39, 0.29) is 11.4 Å². The van der Waals surface area contributed by atoms with Crippen LogP contribution in [0.4, 0.5) is 0 Å². The third-order valence-electron chi connectivity index (χ3n) is 3.78. The maximum absolute atomic E-state index is 12.6. The fourth-order valence-corrected chi connectivity index (χ4v) is 2.53. The molecule has 0 aromatic heterocycles. The van der Waals surface area contributed by atoms with E-state index in [0.29, 0.717) is 11.3 Å². The van der Waals surface area contributed by atoms with Gasteiger partial charge in [0, 0.05) is 5.56 Å². The normalized spacial score (nSPS) is 11.1. The smallest absolute Gasteiger partial charge is 0.203 e. The van der Waals surface area contributed by atoms with E-state index < -0.39 is 0 Å². The maximum Gasteiger partial charge on any atom is 0.203 e. The van der Waals surface area contributed by atoms with Gasteiger partial charge in [-0.15, -0.1) is 0 Å². The Morgan fingerprint density at radius 2 is 1.79 bits per heavy atom. The molecule has 0 fully saturated rings. The Kier molecular flexibility index (Phi) is 4.40. The summed E-state index contributed by atoms with van der Waals surface area (Å²) in [6.45, 7) is 0. The molecule has 0 bridgehead atoms. The number of hydrogen-bond acceptors (Lipinski definition) is 3. The molecule has 0 N–H and O–H groups in total. The van der Waals surface area contributed by atoms with Crippen molar-refractivity contribution in [3.63, 3.8) is 0 Å². The van der Waals surface area contributed by atoms with Crippen LogP contribution < -0.4 is 4.74 Å². The third kappa shape index (κ3) is 3.18. The summed E-state index contributed by atoms with van der Waals surface area (Å²) in [5.74, 6) is 0.272. The van der Waals surface area contributed by atoms with Crippen LogP contribution in [-0.2, 0) is 0 Å². The Morgan fingerprint density at radius 1 is 1.00 bits per heavy atom. The molecule has 0 saturated carbocycles. The van der Waals surface area contributed by atoms with E-state index in [0.717, 1.165) is 16.3 Å². The van der Waals surface area contributed by atoms with Crippen LogP contribution in [0.25, 0.3) is 16.8 Å². The predicted octanol–water partition coefficient (Wildman–Crippen LogP) is 4.64. The molecule has 0 heterocycles. The van der Waals surface area contributed by atoms with Gasteiger partial charge in [-0.2, -0.15) is 5.26 Å². The average molecular weight is 313 g/mol. The second-order valence-corrected chi connectivity index (χ2v) is 5.34. The molecule has 0 aliphatic rings. The minimum Gasteiger partial charge on any atom is -0.497 e. The van der Waals surface area contributed by atoms with Crippen molar-refractivity contribution in [3.05, 3.63) is 83.4 Å². The highest BCUT2D eigenvalue weighted by Gasteiger charge is 2.13. The Bertz CT molecular complexity index is 980. The zero-order valence-corrected chi connectivity index (χ0v) is 13.2. The summed E-state index contributed by atoms with van der Waals surface area (Å²) in [5, 5.41) is 11.6. The van der Waals surface area contributed by atoms with Crippen LogP contribution in [0, 0.1) is 11.3 Å². The van der Waals surface area contributed by atoms with E-state index in [4.69, 9.17) is 4.74 Å². The number of ether oxygens (including phenoxy) is 1. The van der Waals surface area contributed by atoms with Gasteiger partial charge in [-0.05, 0) is 40.6 Å². The lowest BCUT2D eigenvalue weighted by Crippen LogP contribution is -2.02. The molecular weight excluding hydrogens is 298 g/mol. The fourth-order valence-electron chi connectivity index (χ4n) is 2.53. The zero-order valence-electron chi connectivity index (χ0n) is 13.2. The van der Waals surface area contributed by atoms with Crippen LogP contribution in [0.15, 0.2) is 72.3 Å². The van der Waals surface area contributed by atoms with Gasteiger partial charge in [-0.3, -0.25) is 4.79 Å². The van der Waals surface area contributed by atoms with Crippen LogP contribution >= 0.6 is 0 Å². The number of benzene rings is 3. The monoisotopic (exact) mass is 313 g/mol. The maximum atomic E-state index is 12.6. The number of carbonyl (C=O) groups is 1. The summed E-state index contributed by atoms with van der Waals surface area (Å²) in [4.78, 5) is 12.6. The first-order valence-electron chi connectivity index (χ1n) is 7.50. The van der Waals surface area contributed by atoms with Gasteiger partial charge in [0.25, 0.3) is 0 Å². The zero-order chi connectivity index (χ0) is 16.9. The number of fused-ring (bicyclic) bond motifs is 1. The molecule has 0 saturated heterocycles. The standard InChI is InChI=1S/C21H15NO2/c1-24-20-8-4-7-18(13-20)21(23)19(14-22)12-15-9-10-16-5-2-3-6-17(16)11-15/h2-13H,1H3. The largest absolute Gasteiger partial charge is 0.497 e. The number of nitrogens with zero attached hydrogens (tertiary/aromatic N) is 1. The van der Waals surface area contributed by atoms with Crippen molar-refractivity contribution in [3.8, 4) is 11.8 Å².